The number of anilines is 1. The molecule has 0 radical (unpaired) electrons. The molecular weight excluding hydrogens is 262 g/mol. The maximum atomic E-state index is 11.7. The van der Waals surface area contributed by atoms with Gasteiger partial charge < -0.3 is 10.4 Å². The summed E-state index contributed by atoms with van der Waals surface area (Å²) in [5.41, 5.74) is 0.520. The number of nitrogens with zero attached hydrogens (tertiary/aromatic N) is 2. The van der Waals surface area contributed by atoms with Crippen molar-refractivity contribution in [3.8, 4) is 0 Å². The van der Waals surface area contributed by atoms with Gasteiger partial charge >= 0.3 is 0 Å². The van der Waals surface area contributed by atoms with E-state index in [4.69, 9.17) is 5.11 Å². The summed E-state index contributed by atoms with van der Waals surface area (Å²) >= 11 is 3.24. The Morgan fingerprint density at radius 3 is 3.00 bits per heavy atom. The zero-order valence-electron chi connectivity index (χ0n) is 8.11. The quantitative estimate of drug-likeness (QED) is 0.842. The van der Waals surface area contributed by atoms with Crippen molar-refractivity contribution in [2.75, 3.05) is 11.9 Å². The van der Waals surface area contributed by atoms with Crippen molar-refractivity contribution in [1.29, 1.82) is 0 Å². The molecule has 1 aromatic heterocycles. The molecule has 0 amide bonds. The third-order valence-corrected chi connectivity index (χ3v) is 3.00. The second-order valence-electron chi connectivity index (χ2n) is 3.54. The van der Waals surface area contributed by atoms with E-state index in [0.717, 1.165) is 18.5 Å². The van der Waals surface area contributed by atoms with Crippen molar-refractivity contribution >= 4 is 21.6 Å². The van der Waals surface area contributed by atoms with Crippen LogP contribution < -0.4 is 10.9 Å². The molecule has 0 aromatic carbocycles. The third kappa shape index (κ3) is 2.38. The van der Waals surface area contributed by atoms with Crippen LogP contribution in [-0.2, 0) is 6.54 Å². The van der Waals surface area contributed by atoms with Crippen molar-refractivity contribution in [1.82, 2.24) is 9.78 Å². The molecule has 1 saturated carbocycles. The van der Waals surface area contributed by atoms with Crippen LogP contribution in [0.25, 0.3) is 0 Å². The molecule has 2 rings (SSSR count). The van der Waals surface area contributed by atoms with E-state index in [1.807, 2.05) is 0 Å². The van der Waals surface area contributed by atoms with Gasteiger partial charge in [-0.2, -0.15) is 5.10 Å². The van der Waals surface area contributed by atoms with Crippen LogP contribution >= 0.6 is 15.9 Å². The molecule has 1 aliphatic rings. The highest BCUT2D eigenvalue weighted by Gasteiger charge is 2.22. The van der Waals surface area contributed by atoms with Gasteiger partial charge in [-0.05, 0) is 28.8 Å². The summed E-state index contributed by atoms with van der Waals surface area (Å²) in [4.78, 5) is 11.7. The lowest BCUT2D eigenvalue weighted by molar-refractivity contribution is 0.266. The molecule has 0 unspecified atom stereocenters. The molecule has 5 nitrogen and oxygen atoms in total. The monoisotopic (exact) mass is 273 g/mol. The third-order valence-electron chi connectivity index (χ3n) is 2.23. The SMILES string of the molecule is O=c1c(Br)c(NC2CC2)cnn1CCO. The Bertz CT molecular complexity index is 414. The molecule has 1 aliphatic carbocycles. The van der Waals surface area contributed by atoms with Crippen LogP contribution in [0.15, 0.2) is 15.5 Å². The summed E-state index contributed by atoms with van der Waals surface area (Å²) in [7, 11) is 0. The largest absolute Gasteiger partial charge is 0.394 e. The summed E-state index contributed by atoms with van der Waals surface area (Å²) in [5, 5.41) is 15.9. The molecule has 0 spiro atoms. The smallest absolute Gasteiger partial charge is 0.283 e. The first-order valence-electron chi connectivity index (χ1n) is 4.85. The fourth-order valence-electron chi connectivity index (χ4n) is 1.27. The van der Waals surface area contributed by atoms with Crippen LogP contribution in [0.3, 0.4) is 0 Å². The van der Waals surface area contributed by atoms with E-state index >= 15 is 0 Å². The lowest BCUT2D eigenvalue weighted by Gasteiger charge is -2.08. The van der Waals surface area contributed by atoms with Crippen molar-refractivity contribution in [3.05, 3.63) is 21.0 Å². The predicted octanol–water partition coefficient (Wildman–Crippen LogP) is 0.572. The molecule has 2 N–H and O–H groups in total. The molecule has 1 heterocycles. The van der Waals surface area contributed by atoms with Crippen LogP contribution in [-0.4, -0.2) is 27.5 Å². The molecular formula is C9H12BrN3O2. The van der Waals surface area contributed by atoms with E-state index in [9.17, 15) is 4.79 Å². The molecule has 0 aliphatic heterocycles. The second-order valence-corrected chi connectivity index (χ2v) is 4.34. The number of hydrogen-bond acceptors (Lipinski definition) is 4. The number of aromatic nitrogens is 2. The molecule has 15 heavy (non-hydrogen) atoms. The lowest BCUT2D eigenvalue weighted by Crippen LogP contribution is -2.26. The molecule has 82 valence electrons. The van der Waals surface area contributed by atoms with Crippen LogP contribution in [0, 0.1) is 0 Å². The summed E-state index contributed by atoms with van der Waals surface area (Å²) in [5.74, 6) is 0. The minimum absolute atomic E-state index is 0.0885. The Morgan fingerprint density at radius 1 is 1.67 bits per heavy atom. The van der Waals surface area contributed by atoms with Crippen molar-refractivity contribution in [2.45, 2.75) is 25.4 Å². The predicted molar refractivity (Wildman–Crippen MR) is 59.9 cm³/mol. The van der Waals surface area contributed by atoms with Crippen molar-refractivity contribution < 1.29 is 5.11 Å². The van der Waals surface area contributed by atoms with Gasteiger partial charge in [0, 0.05) is 6.04 Å². The fraction of sp³-hybridized carbons (Fsp3) is 0.556. The Morgan fingerprint density at radius 2 is 2.40 bits per heavy atom. The Hall–Kier alpha value is -0.880. The van der Waals surface area contributed by atoms with Crippen LogP contribution in [0.1, 0.15) is 12.8 Å². The minimum atomic E-state index is -0.213. The molecule has 6 heteroatoms. The highest BCUT2D eigenvalue weighted by molar-refractivity contribution is 9.10. The first kappa shape index (κ1) is 10.6. The van der Waals surface area contributed by atoms with Gasteiger partial charge in [-0.15, -0.1) is 0 Å². The van der Waals surface area contributed by atoms with Gasteiger partial charge in [0.2, 0.25) is 0 Å². The summed E-state index contributed by atoms with van der Waals surface area (Å²) in [6.45, 7) is 0.135. The van der Waals surface area contributed by atoms with E-state index in [0.29, 0.717) is 10.5 Å². The molecule has 0 saturated heterocycles. The first-order valence-corrected chi connectivity index (χ1v) is 5.64. The lowest BCUT2D eigenvalue weighted by atomic mass is 10.4. The zero-order chi connectivity index (χ0) is 10.8. The first-order chi connectivity index (χ1) is 7.22. The van der Waals surface area contributed by atoms with Crippen LogP contribution in [0.2, 0.25) is 0 Å². The van der Waals surface area contributed by atoms with E-state index in [1.165, 1.54) is 4.68 Å². The van der Waals surface area contributed by atoms with Crippen LogP contribution in [0.4, 0.5) is 5.69 Å². The van der Waals surface area contributed by atoms with Gasteiger partial charge in [0.05, 0.1) is 25.0 Å². The van der Waals surface area contributed by atoms with E-state index in [-0.39, 0.29) is 18.7 Å². The molecule has 1 fully saturated rings. The van der Waals surface area contributed by atoms with Gasteiger partial charge in [0.15, 0.2) is 0 Å². The normalized spacial score (nSPS) is 15.3. The van der Waals surface area contributed by atoms with E-state index in [1.54, 1.807) is 6.20 Å². The molecule has 0 bridgehead atoms. The van der Waals surface area contributed by atoms with E-state index in [2.05, 4.69) is 26.3 Å². The van der Waals surface area contributed by atoms with Gasteiger partial charge in [0.1, 0.15) is 4.47 Å². The topological polar surface area (TPSA) is 67.2 Å². The highest BCUT2D eigenvalue weighted by atomic mass is 79.9. The highest BCUT2D eigenvalue weighted by Crippen LogP contribution is 2.26. The van der Waals surface area contributed by atoms with Gasteiger partial charge in [-0.25, -0.2) is 4.68 Å². The number of halogens is 1. The van der Waals surface area contributed by atoms with Gasteiger partial charge in [0.25, 0.3) is 5.56 Å². The maximum Gasteiger partial charge on any atom is 0.283 e. The standard InChI is InChI=1S/C9H12BrN3O2/c10-8-7(12-6-1-2-6)5-11-13(3-4-14)9(8)15/h5-6,12,14H,1-4H2. The summed E-state index contributed by atoms with van der Waals surface area (Å²) in [6.07, 6.45) is 3.90. The molecule has 1 aromatic rings. The number of aliphatic hydroxyl groups is 1. The number of aliphatic hydroxyl groups excluding tert-OH is 1. The maximum absolute atomic E-state index is 11.7. The summed E-state index contributed by atoms with van der Waals surface area (Å²) < 4.78 is 1.72. The van der Waals surface area contributed by atoms with Crippen LogP contribution in [0.5, 0.6) is 0 Å². The second kappa shape index (κ2) is 4.32. The van der Waals surface area contributed by atoms with Gasteiger partial charge in [-0.3, -0.25) is 4.79 Å². The average molecular weight is 274 g/mol. The van der Waals surface area contributed by atoms with Gasteiger partial charge in [-0.1, -0.05) is 0 Å². The Kier molecular flexibility index (Phi) is 3.06. The summed E-state index contributed by atoms with van der Waals surface area (Å²) in [6, 6.07) is 0.483. The number of rotatable bonds is 4. The fourth-order valence-corrected chi connectivity index (χ4v) is 1.69. The van der Waals surface area contributed by atoms with Crippen molar-refractivity contribution in [2.24, 2.45) is 0 Å². The van der Waals surface area contributed by atoms with E-state index < -0.39 is 0 Å². The molecule has 0 atom stereocenters. The zero-order valence-corrected chi connectivity index (χ0v) is 9.70. The number of nitrogens with one attached hydrogen (secondary N) is 1. The Balaban J connectivity index is 2.26. The number of hydrogen-bond donors (Lipinski definition) is 2. The average Bonchev–Trinajstić information content (AvgIpc) is 3.02. The Labute approximate surface area is 95.2 Å². The van der Waals surface area contributed by atoms with Crippen molar-refractivity contribution in [3.63, 3.8) is 0 Å². The minimum Gasteiger partial charge on any atom is -0.394 e.